The Morgan fingerprint density at radius 1 is 1.00 bits per heavy atom. The molecular weight excluding hydrogens is 368 g/mol. The fraction of sp³-hybridized carbons (Fsp3) is 0.375. The van der Waals surface area contributed by atoms with E-state index in [1.54, 1.807) is 12.1 Å². The van der Waals surface area contributed by atoms with Gasteiger partial charge in [-0.1, -0.05) is 30.3 Å². The third-order valence-corrected chi connectivity index (χ3v) is 5.79. The predicted octanol–water partition coefficient (Wildman–Crippen LogP) is 5.62. The zero-order chi connectivity index (χ0) is 20.4. The van der Waals surface area contributed by atoms with Gasteiger partial charge in [-0.3, -0.25) is 4.98 Å². The van der Waals surface area contributed by atoms with Crippen LogP contribution in [0.4, 0.5) is 14.5 Å². The van der Waals surface area contributed by atoms with Crippen LogP contribution in [0, 0.1) is 5.92 Å². The zero-order valence-electron chi connectivity index (χ0n) is 17.0. The van der Waals surface area contributed by atoms with E-state index in [1.165, 1.54) is 30.7 Å². The Morgan fingerprint density at radius 3 is 2.34 bits per heavy atom. The van der Waals surface area contributed by atoms with Gasteiger partial charge in [0.2, 0.25) is 0 Å². The third kappa shape index (κ3) is 4.40. The quantitative estimate of drug-likeness (QED) is 0.559. The molecule has 3 nitrogen and oxygen atoms in total. The van der Waals surface area contributed by atoms with E-state index in [2.05, 4.69) is 41.0 Å². The highest BCUT2D eigenvalue weighted by Gasteiger charge is 2.21. The molecule has 0 saturated carbocycles. The molecule has 3 aromatic rings. The summed E-state index contributed by atoms with van der Waals surface area (Å²) in [6.45, 7) is 3.24. The van der Waals surface area contributed by atoms with E-state index < -0.39 is 6.43 Å². The summed E-state index contributed by atoms with van der Waals surface area (Å²) in [5.41, 5.74) is 4.19. The molecule has 0 atom stereocenters. The molecule has 0 radical (unpaired) electrons. The minimum atomic E-state index is -2.44. The molecule has 4 rings (SSSR count). The van der Waals surface area contributed by atoms with Crippen molar-refractivity contribution in [1.82, 2.24) is 9.88 Å². The lowest BCUT2D eigenvalue weighted by molar-refractivity contribution is 0.151. The number of aromatic nitrogens is 1. The van der Waals surface area contributed by atoms with Gasteiger partial charge >= 0.3 is 0 Å². The first-order chi connectivity index (χ1) is 14.0. The molecule has 5 heteroatoms. The van der Waals surface area contributed by atoms with E-state index in [4.69, 9.17) is 0 Å². The summed E-state index contributed by atoms with van der Waals surface area (Å²) in [7, 11) is 4.27. The van der Waals surface area contributed by atoms with Crippen LogP contribution in [0.5, 0.6) is 0 Å². The Hall–Kier alpha value is -2.53. The topological polar surface area (TPSA) is 19.4 Å². The molecule has 1 aliphatic heterocycles. The summed E-state index contributed by atoms with van der Waals surface area (Å²) in [6, 6.07) is 14.8. The lowest BCUT2D eigenvalue weighted by atomic mass is 9.95. The number of anilines is 1. The second-order valence-corrected chi connectivity index (χ2v) is 8.18. The Morgan fingerprint density at radius 2 is 1.69 bits per heavy atom. The molecule has 2 heterocycles. The number of halogens is 2. The van der Waals surface area contributed by atoms with Crippen molar-refractivity contribution in [2.24, 2.45) is 5.92 Å². The van der Waals surface area contributed by atoms with E-state index in [-0.39, 0.29) is 5.56 Å². The minimum absolute atomic E-state index is 0.0532. The van der Waals surface area contributed by atoms with Crippen LogP contribution in [0.2, 0.25) is 0 Å². The van der Waals surface area contributed by atoms with Gasteiger partial charge in [0.25, 0.3) is 6.43 Å². The predicted molar refractivity (Wildman–Crippen MR) is 116 cm³/mol. The molecule has 0 amide bonds. The van der Waals surface area contributed by atoms with Crippen molar-refractivity contribution in [1.29, 1.82) is 0 Å². The molecule has 1 saturated heterocycles. The first kappa shape index (κ1) is 19.8. The maximum Gasteiger partial charge on any atom is 0.263 e. The average molecular weight is 395 g/mol. The normalized spacial score (nSPS) is 15.6. The van der Waals surface area contributed by atoms with Crippen LogP contribution in [-0.2, 0) is 0 Å². The van der Waals surface area contributed by atoms with Gasteiger partial charge in [0, 0.05) is 42.5 Å². The van der Waals surface area contributed by atoms with Gasteiger partial charge in [-0.15, -0.1) is 0 Å². The number of piperidine rings is 1. The monoisotopic (exact) mass is 395 g/mol. The highest BCUT2D eigenvalue weighted by molar-refractivity contribution is 5.94. The molecule has 0 aliphatic carbocycles. The van der Waals surface area contributed by atoms with Crippen LogP contribution >= 0.6 is 0 Å². The standard InChI is InChI=1S/C24H27F2N3/c1-28(2)16-17-10-13-29(14-11-17)23-9-12-27-22-8-7-20(15-21(22)23)18-3-5-19(6-4-18)24(25)26/h3-9,12,15,17,24H,10-11,13-14,16H2,1-2H3. The Kier molecular flexibility index (Phi) is 5.76. The highest BCUT2D eigenvalue weighted by atomic mass is 19.3. The van der Waals surface area contributed by atoms with Gasteiger partial charge in [0.15, 0.2) is 0 Å². The van der Waals surface area contributed by atoms with E-state index in [0.29, 0.717) is 0 Å². The van der Waals surface area contributed by atoms with Crippen LogP contribution in [0.25, 0.3) is 22.0 Å². The zero-order valence-corrected chi connectivity index (χ0v) is 17.0. The molecule has 1 aromatic heterocycles. The summed E-state index contributed by atoms with van der Waals surface area (Å²) in [5.74, 6) is 0.748. The summed E-state index contributed by atoms with van der Waals surface area (Å²) in [4.78, 5) is 9.26. The molecule has 0 spiro atoms. The van der Waals surface area contributed by atoms with E-state index in [1.807, 2.05) is 18.3 Å². The van der Waals surface area contributed by atoms with Crippen molar-refractivity contribution in [2.75, 3.05) is 38.6 Å². The molecule has 0 bridgehead atoms. The van der Waals surface area contributed by atoms with E-state index in [0.717, 1.165) is 47.6 Å². The second-order valence-electron chi connectivity index (χ2n) is 8.18. The van der Waals surface area contributed by atoms with Gasteiger partial charge in [0.1, 0.15) is 0 Å². The Labute approximate surface area is 171 Å². The number of nitrogens with zero attached hydrogens (tertiary/aromatic N) is 3. The van der Waals surface area contributed by atoms with Crippen LogP contribution in [0.1, 0.15) is 24.8 Å². The first-order valence-corrected chi connectivity index (χ1v) is 10.2. The number of pyridine rings is 1. The van der Waals surface area contributed by atoms with Crippen molar-refractivity contribution in [3.8, 4) is 11.1 Å². The fourth-order valence-corrected chi connectivity index (χ4v) is 4.28. The Balaban J connectivity index is 1.61. The van der Waals surface area contributed by atoms with Crippen molar-refractivity contribution >= 4 is 16.6 Å². The SMILES string of the molecule is CN(C)CC1CCN(c2ccnc3ccc(-c4ccc(C(F)F)cc4)cc23)CC1. The molecule has 0 N–H and O–H groups in total. The smallest absolute Gasteiger partial charge is 0.263 e. The van der Waals surface area contributed by atoms with Crippen molar-refractivity contribution in [3.05, 3.63) is 60.3 Å². The number of rotatable bonds is 5. The minimum Gasteiger partial charge on any atom is -0.371 e. The molecule has 1 fully saturated rings. The summed E-state index contributed by atoms with van der Waals surface area (Å²) in [5, 5.41) is 1.12. The van der Waals surface area contributed by atoms with Gasteiger partial charge in [-0.05, 0) is 62.2 Å². The Bertz CT molecular complexity index is 962. The number of hydrogen-bond donors (Lipinski definition) is 0. The van der Waals surface area contributed by atoms with Gasteiger partial charge < -0.3 is 9.80 Å². The van der Waals surface area contributed by atoms with Crippen LogP contribution in [-0.4, -0.2) is 43.6 Å². The maximum absolute atomic E-state index is 12.8. The number of hydrogen-bond acceptors (Lipinski definition) is 3. The van der Waals surface area contributed by atoms with Crippen molar-refractivity contribution in [2.45, 2.75) is 19.3 Å². The van der Waals surface area contributed by atoms with E-state index in [9.17, 15) is 8.78 Å². The summed E-state index contributed by atoms with van der Waals surface area (Å²) in [6.07, 6.45) is 1.82. The van der Waals surface area contributed by atoms with Crippen LogP contribution < -0.4 is 4.90 Å². The van der Waals surface area contributed by atoms with Crippen LogP contribution in [0.3, 0.4) is 0 Å². The molecule has 1 aliphatic rings. The second kappa shape index (κ2) is 8.46. The number of alkyl halides is 2. The number of fused-ring (bicyclic) bond motifs is 1. The third-order valence-electron chi connectivity index (χ3n) is 5.79. The van der Waals surface area contributed by atoms with Crippen molar-refractivity contribution in [3.63, 3.8) is 0 Å². The van der Waals surface area contributed by atoms with Crippen LogP contribution in [0.15, 0.2) is 54.7 Å². The fourth-order valence-electron chi connectivity index (χ4n) is 4.28. The highest BCUT2D eigenvalue weighted by Crippen LogP contribution is 2.33. The maximum atomic E-state index is 12.8. The largest absolute Gasteiger partial charge is 0.371 e. The first-order valence-electron chi connectivity index (χ1n) is 10.2. The van der Waals surface area contributed by atoms with Gasteiger partial charge in [-0.2, -0.15) is 0 Å². The molecule has 29 heavy (non-hydrogen) atoms. The molecule has 0 unspecified atom stereocenters. The molecule has 152 valence electrons. The number of benzene rings is 2. The lowest BCUT2D eigenvalue weighted by Crippen LogP contribution is -2.37. The van der Waals surface area contributed by atoms with Gasteiger partial charge in [-0.25, -0.2) is 8.78 Å². The lowest BCUT2D eigenvalue weighted by Gasteiger charge is -2.35. The average Bonchev–Trinajstić information content (AvgIpc) is 2.73. The summed E-state index contributed by atoms with van der Waals surface area (Å²) < 4.78 is 25.7. The molecule has 2 aromatic carbocycles. The van der Waals surface area contributed by atoms with Gasteiger partial charge in [0.05, 0.1) is 5.52 Å². The summed E-state index contributed by atoms with van der Waals surface area (Å²) >= 11 is 0. The molecular formula is C24H27F2N3. The van der Waals surface area contributed by atoms with E-state index >= 15 is 0 Å². The van der Waals surface area contributed by atoms with Crippen molar-refractivity contribution < 1.29 is 8.78 Å².